The molecule has 0 unspecified atom stereocenters. The molecule has 738 valence electrons. The minimum absolute atomic E-state index is 0.00720. The van der Waals surface area contributed by atoms with Crippen LogP contribution in [-0.2, 0) is 19.3 Å². The Bertz CT molecular complexity index is 6450. The molecule has 140 heavy (non-hydrogen) atoms. The van der Waals surface area contributed by atoms with Crippen LogP contribution in [-0.4, -0.2) is 231 Å². The number of aryl methyl sites for hydroxylation is 11. The first-order chi connectivity index (χ1) is 66.7. The van der Waals surface area contributed by atoms with Crippen molar-refractivity contribution < 1.29 is 55.8 Å². The number of esters is 1. The summed E-state index contributed by atoms with van der Waals surface area (Å²) in [6, 6.07) is 65.6. The Morgan fingerprint density at radius 3 is 1.05 bits per heavy atom. The van der Waals surface area contributed by atoms with Crippen LogP contribution in [0.5, 0.6) is 0 Å². The smallest absolute Gasteiger partial charge is 0.414 e. The van der Waals surface area contributed by atoms with Crippen LogP contribution < -0.4 is 29.4 Å². The van der Waals surface area contributed by atoms with Crippen LogP contribution in [0.4, 0.5) is 43.3 Å². The minimum atomic E-state index is -3.49. The molecule has 0 N–H and O–H groups in total. The number of ether oxygens (including phenoxy) is 2. The Labute approximate surface area is 880 Å². The number of nitrogens with zero attached hydrogens (tertiary/aromatic N) is 11. The fourth-order valence-corrected chi connectivity index (χ4v) is 21.2. The van der Waals surface area contributed by atoms with Crippen molar-refractivity contribution in [3.05, 3.63) is 338 Å². The van der Waals surface area contributed by atoms with E-state index in [1.54, 1.807) is 65.3 Å². The Morgan fingerprint density at radius 1 is 0.364 bits per heavy atom. The highest BCUT2D eigenvalue weighted by Gasteiger charge is 2.33. The van der Waals surface area contributed by atoms with Crippen LogP contribution in [0.1, 0.15) is 130 Å². The first-order valence-electron chi connectivity index (χ1n) is 46.6. The molecule has 11 aromatic rings. The molecule has 0 spiro atoms. The topological polar surface area (TPSA) is 208 Å². The number of hydrogen-bond donors (Lipinski definition) is 0. The second kappa shape index (κ2) is 50.0. The van der Waals surface area contributed by atoms with Crippen LogP contribution in [0.3, 0.4) is 0 Å². The third-order valence-electron chi connectivity index (χ3n) is 25.2. The number of hydrogen-bond acceptors (Lipinski definition) is 16. The SMILES string of the molecule is CCOC(=O)c1ccc(N2CCOC2=O)cc1.Cc1ccc(N2CCN(C(=O)c3cc(F)c(Br)cc3Cl)CC2)c(C)c1.Cc1ccc(N2CCN(C(=O)c3ccc(Br)c(C)c3)CC2)c(C)c1.Cc1ccc(N2CCN(C(=O)c3ccc(Br)cc3Cl)CC2)c(C)c1.Cc1ccc(N2CCN(C(=O)c3ccc(Br)cc3S(C)(=O)=O)CC2)c(C)c1.Cc1ccc(N2CCN(C(=O)c3ccc(I)cc3)CC2)c(C)c1. The predicted molar refractivity (Wildman–Crippen MR) is 585 cm³/mol. The summed E-state index contributed by atoms with van der Waals surface area (Å²) in [5, 5.41) is 0.751. The lowest BCUT2D eigenvalue weighted by atomic mass is 10.1. The summed E-state index contributed by atoms with van der Waals surface area (Å²) in [6.07, 6.45) is 0.776. The maximum Gasteiger partial charge on any atom is 0.414 e. The molecule has 17 rings (SSSR count). The molecule has 6 heterocycles. The van der Waals surface area contributed by atoms with Crippen LogP contribution in [0, 0.1) is 85.5 Å². The van der Waals surface area contributed by atoms with E-state index in [1.807, 2.05) is 70.2 Å². The summed E-state index contributed by atoms with van der Waals surface area (Å²) < 4.78 is 51.6. The van der Waals surface area contributed by atoms with Crippen molar-refractivity contribution in [3.8, 4) is 0 Å². The quantitative estimate of drug-likeness (QED) is 0.0563. The zero-order valence-corrected chi connectivity index (χ0v) is 92.1. The van der Waals surface area contributed by atoms with Gasteiger partial charge < -0.3 is 58.5 Å². The number of carbonyl (C=O) groups is 7. The maximum atomic E-state index is 13.8. The van der Waals surface area contributed by atoms with E-state index in [-0.39, 0.29) is 67.1 Å². The minimum Gasteiger partial charge on any atom is -0.462 e. The Balaban J connectivity index is 0.000000151. The van der Waals surface area contributed by atoms with Crippen molar-refractivity contribution in [2.75, 3.05) is 186 Å². The van der Waals surface area contributed by atoms with E-state index in [2.05, 4.69) is 271 Å². The molecule has 6 saturated heterocycles. The van der Waals surface area contributed by atoms with Gasteiger partial charge in [-0.15, -0.1) is 0 Å². The van der Waals surface area contributed by atoms with Crippen molar-refractivity contribution in [2.24, 2.45) is 0 Å². The van der Waals surface area contributed by atoms with Crippen LogP contribution >= 0.6 is 110 Å². The van der Waals surface area contributed by atoms with Crippen LogP contribution in [0.15, 0.2) is 229 Å². The summed E-state index contributed by atoms with van der Waals surface area (Å²) in [5.74, 6) is -1.02. The summed E-state index contributed by atoms with van der Waals surface area (Å²) in [4.78, 5) is 109. The molecular weight excluding hydrogens is 2210 g/mol. The molecule has 11 aromatic carbocycles. The van der Waals surface area contributed by atoms with Gasteiger partial charge in [0.1, 0.15) is 12.4 Å². The van der Waals surface area contributed by atoms with Gasteiger partial charge in [0.2, 0.25) is 0 Å². The molecular formula is C109H119Br4Cl2FIN11O11S. The van der Waals surface area contributed by atoms with Gasteiger partial charge in [-0.25, -0.2) is 22.4 Å². The normalized spacial score (nSPS) is 14.9. The average molecular weight is 2330 g/mol. The van der Waals surface area contributed by atoms with Crippen molar-refractivity contribution in [1.29, 1.82) is 0 Å². The number of halogens is 8. The number of amides is 6. The molecule has 6 aliphatic rings. The highest BCUT2D eigenvalue weighted by Crippen LogP contribution is 2.34. The average Bonchev–Trinajstić information content (AvgIpc) is 0.804. The molecule has 6 fully saturated rings. The summed E-state index contributed by atoms with van der Waals surface area (Å²) in [7, 11) is -3.49. The van der Waals surface area contributed by atoms with E-state index in [0.29, 0.717) is 79.6 Å². The third-order valence-corrected chi connectivity index (χ3v) is 30.2. The Kier molecular flexibility index (Phi) is 38.8. The Morgan fingerprint density at radius 2 is 0.700 bits per heavy atom. The van der Waals surface area contributed by atoms with Crippen molar-refractivity contribution >= 4 is 195 Å². The molecule has 6 amide bonds. The van der Waals surface area contributed by atoms with E-state index >= 15 is 0 Å². The van der Waals surface area contributed by atoms with Crippen molar-refractivity contribution in [3.63, 3.8) is 0 Å². The molecule has 31 heteroatoms. The molecule has 0 aliphatic carbocycles. The van der Waals surface area contributed by atoms with Gasteiger partial charge in [0.25, 0.3) is 29.5 Å². The van der Waals surface area contributed by atoms with Crippen LogP contribution in [0.25, 0.3) is 0 Å². The van der Waals surface area contributed by atoms with Gasteiger partial charge in [-0.2, -0.15) is 0 Å². The molecule has 0 saturated carbocycles. The second-order valence-corrected chi connectivity index (χ2v) is 43.2. The van der Waals surface area contributed by atoms with Crippen LogP contribution in [0.2, 0.25) is 10.0 Å². The molecule has 6 aliphatic heterocycles. The third kappa shape index (κ3) is 28.8. The van der Waals surface area contributed by atoms with Gasteiger partial charge in [0.15, 0.2) is 9.84 Å². The fourth-order valence-electron chi connectivity index (χ4n) is 17.7. The van der Waals surface area contributed by atoms with E-state index in [4.69, 9.17) is 32.7 Å². The molecule has 0 radical (unpaired) electrons. The molecule has 0 atom stereocenters. The van der Waals surface area contributed by atoms with Crippen molar-refractivity contribution in [2.45, 2.75) is 88.0 Å². The van der Waals surface area contributed by atoms with E-state index < -0.39 is 15.7 Å². The number of benzene rings is 11. The lowest BCUT2D eigenvalue weighted by Crippen LogP contribution is -2.49. The number of sulfone groups is 1. The van der Waals surface area contributed by atoms with Crippen molar-refractivity contribution in [1.82, 2.24) is 24.5 Å². The number of anilines is 6. The maximum absolute atomic E-state index is 13.8. The fraction of sp³-hybridized carbons (Fsp3) is 0.330. The van der Waals surface area contributed by atoms with Gasteiger partial charge in [-0.3, -0.25) is 28.9 Å². The second-order valence-electron chi connectivity index (χ2n) is 35.6. The zero-order chi connectivity index (χ0) is 101. The number of piperazine rings is 5. The van der Waals surface area contributed by atoms with Gasteiger partial charge >= 0.3 is 12.1 Å². The standard InChI is InChI=1S/C20H23BrN2O3S.C20H23BrN2O.C19H19BrClFN2O.C19H20BrClN2O.C19H21IN2O.C12H13NO4/c1-14-4-7-18(15(2)12-14)22-8-10-23(11-9-22)20(24)17-6-5-16(21)13-19(17)27(3,25)26;1-14-4-7-19(16(3)12-14)22-8-10-23(11-9-22)20(24)17-5-6-18(21)15(2)13-17;1-12-3-4-18(13(2)9-12)23-5-7-24(8-6-23)19(25)14-10-17(22)15(20)11-16(14)21;1-13-3-6-18(14(2)11-13)22-7-9-23(10-8-22)19(24)16-5-4-15(20)12-17(16)21;1-14-3-8-18(15(2)13-14)21-9-11-22(12-10-21)19(23)16-4-6-17(20)7-5-16;1-2-16-11(14)9-3-5-10(6-4-9)13-7-8-17-12(13)15/h4-7,12-13H,8-11H2,1-3H3;4-7,12-13H,8-11H2,1-3H3;3-4,9-11H,5-8H2,1-2H3;3-6,11-12H,7-10H2,1-2H3;3-8,13H,9-12H2,1-2H3;3-6H,2,7-8H2,1H3. The molecule has 22 nitrogen and oxygen atoms in total. The van der Waals surface area contributed by atoms with E-state index in [0.717, 1.165) is 133 Å². The molecule has 0 aromatic heterocycles. The largest absolute Gasteiger partial charge is 0.462 e. The first-order valence-corrected chi connectivity index (χ1v) is 53.5. The first kappa shape index (κ1) is 108. The van der Waals surface area contributed by atoms with Gasteiger partial charge in [-0.1, -0.05) is 159 Å². The highest BCUT2D eigenvalue weighted by molar-refractivity contribution is 14.1. The summed E-state index contributed by atoms with van der Waals surface area (Å²) >= 11 is 27.8. The number of rotatable bonds is 14. The number of cyclic esters (lactones) is 1. The van der Waals surface area contributed by atoms with Gasteiger partial charge in [0, 0.05) is 199 Å². The van der Waals surface area contributed by atoms with E-state index in [1.165, 1.54) is 107 Å². The van der Waals surface area contributed by atoms with Gasteiger partial charge in [0.05, 0.1) is 54.8 Å². The highest BCUT2D eigenvalue weighted by atomic mass is 127. The monoisotopic (exact) mass is 2320 g/mol. The lowest BCUT2D eigenvalue weighted by molar-refractivity contribution is 0.0525. The Hall–Kier alpha value is -10.4. The predicted octanol–water partition coefficient (Wildman–Crippen LogP) is 23.0. The summed E-state index contributed by atoms with van der Waals surface area (Å²) in [5.41, 5.74) is 23.8. The molecule has 0 bridgehead atoms. The van der Waals surface area contributed by atoms with E-state index in [9.17, 15) is 46.4 Å². The van der Waals surface area contributed by atoms with Gasteiger partial charge in [-0.05, 0) is 301 Å². The lowest BCUT2D eigenvalue weighted by Gasteiger charge is -2.37. The summed E-state index contributed by atoms with van der Waals surface area (Å²) in [6.45, 7) is 41.1. The number of carbonyl (C=O) groups excluding carboxylic acids is 7. The zero-order valence-electron chi connectivity index (χ0n) is 81.2.